The van der Waals surface area contributed by atoms with Crippen molar-refractivity contribution in [1.29, 1.82) is 0 Å². The smallest absolute Gasteiger partial charge is 0.0994 e. The first-order valence-corrected chi connectivity index (χ1v) is 7.42. The Bertz CT molecular complexity index is 743. The lowest BCUT2D eigenvalue weighted by molar-refractivity contribution is 0.490. The molecule has 21 heavy (non-hydrogen) atoms. The molecule has 0 aliphatic heterocycles. The third-order valence-corrected chi connectivity index (χ3v) is 4.12. The highest BCUT2D eigenvalue weighted by Gasteiger charge is 2.18. The molecule has 3 aromatic rings. The summed E-state index contributed by atoms with van der Waals surface area (Å²) in [5.41, 5.74) is 8.28. The molecule has 1 heterocycles. The van der Waals surface area contributed by atoms with Crippen molar-refractivity contribution in [2.75, 3.05) is 6.54 Å². The Balaban J connectivity index is 2.09. The molecule has 0 amide bonds. The van der Waals surface area contributed by atoms with E-state index in [1.54, 1.807) is 0 Å². The van der Waals surface area contributed by atoms with Gasteiger partial charge in [-0.15, -0.1) is 0 Å². The van der Waals surface area contributed by atoms with Crippen LogP contribution in [-0.4, -0.2) is 16.1 Å². The molecule has 1 aromatic heterocycles. The van der Waals surface area contributed by atoms with Gasteiger partial charge in [0, 0.05) is 30.0 Å². The summed E-state index contributed by atoms with van der Waals surface area (Å²) in [6.45, 7) is 5.04. The van der Waals surface area contributed by atoms with Gasteiger partial charge in [0.25, 0.3) is 0 Å². The standard InChI is InChI=1S/C18H21N3/c1-13(2)17(10-19)18-11-20-12-21(18)16-8-7-14-5-3-4-6-15(14)9-16/h3-9,11-13,17H,10,19H2,1-2H3. The van der Waals surface area contributed by atoms with Gasteiger partial charge in [0.15, 0.2) is 0 Å². The molecule has 108 valence electrons. The molecule has 3 nitrogen and oxygen atoms in total. The lowest BCUT2D eigenvalue weighted by Crippen LogP contribution is -2.20. The monoisotopic (exact) mass is 279 g/mol. The highest BCUT2D eigenvalue weighted by Crippen LogP contribution is 2.26. The molecular weight excluding hydrogens is 258 g/mol. The van der Waals surface area contributed by atoms with Gasteiger partial charge >= 0.3 is 0 Å². The van der Waals surface area contributed by atoms with Gasteiger partial charge in [0.2, 0.25) is 0 Å². The topological polar surface area (TPSA) is 43.8 Å². The average molecular weight is 279 g/mol. The Morgan fingerprint density at radius 2 is 1.86 bits per heavy atom. The first-order valence-electron chi connectivity index (χ1n) is 7.42. The van der Waals surface area contributed by atoms with E-state index in [1.807, 2.05) is 12.5 Å². The molecule has 1 atom stereocenters. The second-order valence-electron chi connectivity index (χ2n) is 5.81. The van der Waals surface area contributed by atoms with Crippen molar-refractivity contribution < 1.29 is 0 Å². The summed E-state index contributed by atoms with van der Waals surface area (Å²) in [6.07, 6.45) is 3.82. The molecule has 1 unspecified atom stereocenters. The molecule has 0 bridgehead atoms. The minimum absolute atomic E-state index is 0.318. The van der Waals surface area contributed by atoms with E-state index in [9.17, 15) is 0 Å². The van der Waals surface area contributed by atoms with E-state index in [-0.39, 0.29) is 0 Å². The van der Waals surface area contributed by atoms with Gasteiger partial charge in [-0.05, 0) is 28.8 Å². The lowest BCUT2D eigenvalue weighted by Gasteiger charge is -2.20. The maximum absolute atomic E-state index is 5.96. The number of fused-ring (bicyclic) bond motifs is 1. The number of nitrogens with zero attached hydrogens (tertiary/aromatic N) is 2. The Morgan fingerprint density at radius 1 is 1.10 bits per heavy atom. The van der Waals surface area contributed by atoms with Crippen molar-refractivity contribution in [1.82, 2.24) is 9.55 Å². The van der Waals surface area contributed by atoms with Crippen LogP contribution in [0.3, 0.4) is 0 Å². The van der Waals surface area contributed by atoms with E-state index in [4.69, 9.17) is 5.73 Å². The predicted octanol–water partition coefficient (Wildman–Crippen LogP) is 3.72. The highest BCUT2D eigenvalue weighted by molar-refractivity contribution is 5.84. The largest absolute Gasteiger partial charge is 0.330 e. The van der Waals surface area contributed by atoms with Gasteiger partial charge in [-0.1, -0.05) is 44.2 Å². The van der Waals surface area contributed by atoms with Gasteiger partial charge < -0.3 is 10.3 Å². The van der Waals surface area contributed by atoms with E-state index in [2.05, 4.69) is 65.9 Å². The zero-order valence-electron chi connectivity index (χ0n) is 12.5. The van der Waals surface area contributed by atoms with Crippen LogP contribution in [0.15, 0.2) is 55.0 Å². The van der Waals surface area contributed by atoms with E-state index >= 15 is 0 Å². The fraction of sp³-hybridized carbons (Fsp3) is 0.278. The molecule has 0 saturated carbocycles. The fourth-order valence-electron chi connectivity index (χ4n) is 2.86. The van der Waals surface area contributed by atoms with E-state index in [0.29, 0.717) is 18.4 Å². The van der Waals surface area contributed by atoms with E-state index in [0.717, 1.165) is 5.69 Å². The van der Waals surface area contributed by atoms with Crippen molar-refractivity contribution in [3.63, 3.8) is 0 Å². The average Bonchev–Trinajstić information content (AvgIpc) is 2.96. The molecule has 2 aromatic carbocycles. The van der Waals surface area contributed by atoms with Crippen LogP contribution in [0.5, 0.6) is 0 Å². The number of rotatable bonds is 4. The Morgan fingerprint density at radius 3 is 2.57 bits per heavy atom. The van der Waals surface area contributed by atoms with Crippen LogP contribution in [0.2, 0.25) is 0 Å². The van der Waals surface area contributed by atoms with Crippen molar-refractivity contribution >= 4 is 10.8 Å². The third kappa shape index (κ3) is 2.57. The summed E-state index contributed by atoms with van der Waals surface area (Å²) in [6, 6.07) is 14.9. The molecule has 2 N–H and O–H groups in total. The van der Waals surface area contributed by atoms with Crippen LogP contribution >= 0.6 is 0 Å². The zero-order chi connectivity index (χ0) is 14.8. The minimum atomic E-state index is 0.318. The summed E-state index contributed by atoms with van der Waals surface area (Å²) >= 11 is 0. The maximum Gasteiger partial charge on any atom is 0.0994 e. The maximum atomic E-state index is 5.96. The predicted molar refractivity (Wildman–Crippen MR) is 87.7 cm³/mol. The Kier molecular flexibility index (Phi) is 3.76. The van der Waals surface area contributed by atoms with Gasteiger partial charge in [-0.25, -0.2) is 4.98 Å². The first kappa shape index (κ1) is 13.8. The highest BCUT2D eigenvalue weighted by atomic mass is 15.1. The fourth-order valence-corrected chi connectivity index (χ4v) is 2.86. The van der Waals surface area contributed by atoms with Crippen LogP contribution in [-0.2, 0) is 0 Å². The summed E-state index contributed by atoms with van der Waals surface area (Å²) in [7, 11) is 0. The molecule has 0 radical (unpaired) electrons. The molecule has 0 spiro atoms. The first-order chi connectivity index (χ1) is 10.2. The number of aromatic nitrogens is 2. The number of hydrogen-bond acceptors (Lipinski definition) is 2. The molecule has 0 fully saturated rings. The second kappa shape index (κ2) is 5.70. The second-order valence-corrected chi connectivity index (χ2v) is 5.81. The Labute approximate surface area is 125 Å². The minimum Gasteiger partial charge on any atom is -0.330 e. The SMILES string of the molecule is CC(C)C(CN)c1cncn1-c1ccc2ccccc2c1. The molecular formula is C18H21N3. The van der Waals surface area contributed by atoms with Crippen LogP contribution < -0.4 is 5.73 Å². The van der Waals surface area contributed by atoms with Gasteiger partial charge in [0.05, 0.1) is 6.33 Å². The van der Waals surface area contributed by atoms with Crippen molar-refractivity contribution in [2.24, 2.45) is 11.7 Å². The quantitative estimate of drug-likeness (QED) is 0.791. The van der Waals surface area contributed by atoms with Crippen LogP contribution in [0.4, 0.5) is 0 Å². The third-order valence-electron chi connectivity index (χ3n) is 4.12. The molecule has 0 aliphatic rings. The molecule has 0 aliphatic carbocycles. The Hall–Kier alpha value is -2.13. The van der Waals surface area contributed by atoms with E-state index in [1.165, 1.54) is 16.5 Å². The van der Waals surface area contributed by atoms with Crippen LogP contribution in [0.1, 0.15) is 25.5 Å². The number of benzene rings is 2. The van der Waals surface area contributed by atoms with Crippen LogP contribution in [0.25, 0.3) is 16.5 Å². The summed E-state index contributed by atoms with van der Waals surface area (Å²) in [5.74, 6) is 0.810. The normalized spacial score (nSPS) is 13.0. The lowest BCUT2D eigenvalue weighted by atomic mass is 9.93. The van der Waals surface area contributed by atoms with Crippen molar-refractivity contribution in [3.8, 4) is 5.69 Å². The summed E-state index contributed by atoms with van der Waals surface area (Å²) in [4.78, 5) is 4.34. The summed E-state index contributed by atoms with van der Waals surface area (Å²) in [5, 5.41) is 2.49. The molecule has 3 heteroatoms. The number of hydrogen-bond donors (Lipinski definition) is 1. The van der Waals surface area contributed by atoms with Gasteiger partial charge in [-0.3, -0.25) is 0 Å². The number of nitrogens with two attached hydrogens (primary N) is 1. The van der Waals surface area contributed by atoms with Gasteiger partial charge in [-0.2, -0.15) is 0 Å². The molecule has 0 saturated heterocycles. The molecule has 3 rings (SSSR count). The van der Waals surface area contributed by atoms with Crippen molar-refractivity contribution in [3.05, 3.63) is 60.7 Å². The van der Waals surface area contributed by atoms with Crippen LogP contribution in [0, 0.1) is 5.92 Å². The summed E-state index contributed by atoms with van der Waals surface area (Å²) < 4.78 is 2.16. The van der Waals surface area contributed by atoms with Crippen molar-refractivity contribution in [2.45, 2.75) is 19.8 Å². The zero-order valence-corrected chi connectivity index (χ0v) is 12.5. The number of imidazole rings is 1. The van der Waals surface area contributed by atoms with Gasteiger partial charge in [0.1, 0.15) is 0 Å². The van der Waals surface area contributed by atoms with E-state index < -0.39 is 0 Å².